The van der Waals surface area contributed by atoms with Crippen molar-refractivity contribution in [3.8, 4) is 5.75 Å². The van der Waals surface area contributed by atoms with Gasteiger partial charge in [0, 0.05) is 5.69 Å². The summed E-state index contributed by atoms with van der Waals surface area (Å²) >= 11 is 6.10. The van der Waals surface area contributed by atoms with Gasteiger partial charge in [0.2, 0.25) is 5.91 Å². The number of aryl methyl sites for hydroxylation is 1. The van der Waals surface area contributed by atoms with E-state index in [4.69, 9.17) is 16.3 Å². The molecule has 2 aromatic carbocycles. The second-order valence-corrected chi connectivity index (χ2v) is 5.89. The van der Waals surface area contributed by atoms with Gasteiger partial charge in [-0.3, -0.25) is 4.79 Å². The molecule has 0 aliphatic heterocycles. The van der Waals surface area contributed by atoms with Crippen LogP contribution in [0.4, 0.5) is 5.69 Å². The van der Waals surface area contributed by atoms with Gasteiger partial charge in [-0.1, -0.05) is 35.9 Å². The molecule has 0 fully saturated rings. The maximum absolute atomic E-state index is 12.6. The van der Waals surface area contributed by atoms with Crippen molar-refractivity contribution in [3.63, 3.8) is 0 Å². The van der Waals surface area contributed by atoms with Gasteiger partial charge >= 0.3 is 0 Å². The van der Waals surface area contributed by atoms with Crippen molar-refractivity contribution < 1.29 is 9.53 Å². The molecule has 0 radical (unpaired) electrons. The molecule has 0 bridgehead atoms. The van der Waals surface area contributed by atoms with Crippen molar-refractivity contribution in [2.24, 2.45) is 0 Å². The number of fused-ring (bicyclic) bond motifs is 1. The number of rotatable bonds is 3. The zero-order valence-electron chi connectivity index (χ0n) is 12.4. The Labute approximate surface area is 135 Å². The van der Waals surface area contributed by atoms with E-state index in [-0.39, 0.29) is 11.8 Å². The number of hydrogen-bond donors (Lipinski definition) is 1. The summed E-state index contributed by atoms with van der Waals surface area (Å²) in [6.07, 6.45) is 2.97. The van der Waals surface area contributed by atoms with Crippen molar-refractivity contribution in [1.82, 2.24) is 0 Å². The average molecular weight is 316 g/mol. The summed E-state index contributed by atoms with van der Waals surface area (Å²) in [5.74, 6) is 0.530. The molecule has 0 heterocycles. The zero-order chi connectivity index (χ0) is 15.5. The van der Waals surface area contributed by atoms with E-state index < -0.39 is 0 Å². The number of benzene rings is 2. The Balaban J connectivity index is 1.79. The van der Waals surface area contributed by atoms with Crippen LogP contribution in [-0.2, 0) is 11.2 Å². The summed E-state index contributed by atoms with van der Waals surface area (Å²) in [5, 5.41) is 3.46. The van der Waals surface area contributed by atoms with E-state index in [0.717, 1.165) is 24.8 Å². The van der Waals surface area contributed by atoms with E-state index in [0.29, 0.717) is 16.5 Å². The molecule has 1 atom stereocenters. The summed E-state index contributed by atoms with van der Waals surface area (Å²) in [5.41, 5.74) is 3.12. The van der Waals surface area contributed by atoms with Gasteiger partial charge in [0.1, 0.15) is 5.75 Å². The minimum atomic E-state index is -0.0918. The highest BCUT2D eigenvalue weighted by Crippen LogP contribution is 2.33. The van der Waals surface area contributed by atoms with Gasteiger partial charge in [0.25, 0.3) is 0 Å². The molecule has 0 saturated heterocycles. The molecule has 0 saturated carbocycles. The Morgan fingerprint density at radius 3 is 2.86 bits per heavy atom. The van der Waals surface area contributed by atoms with Crippen molar-refractivity contribution in [3.05, 3.63) is 58.6 Å². The van der Waals surface area contributed by atoms with Crippen LogP contribution in [0.15, 0.2) is 42.5 Å². The molecule has 4 heteroatoms. The van der Waals surface area contributed by atoms with Crippen molar-refractivity contribution in [2.75, 3.05) is 12.4 Å². The van der Waals surface area contributed by atoms with Crippen LogP contribution >= 0.6 is 11.6 Å². The molecule has 22 heavy (non-hydrogen) atoms. The molecule has 0 aromatic heterocycles. The van der Waals surface area contributed by atoms with E-state index in [1.54, 1.807) is 25.3 Å². The van der Waals surface area contributed by atoms with E-state index in [1.165, 1.54) is 5.56 Å². The maximum Gasteiger partial charge on any atom is 0.231 e. The number of anilines is 1. The van der Waals surface area contributed by atoms with Crippen LogP contribution < -0.4 is 10.1 Å². The average Bonchev–Trinajstić information content (AvgIpc) is 2.54. The van der Waals surface area contributed by atoms with E-state index in [2.05, 4.69) is 17.4 Å². The Morgan fingerprint density at radius 2 is 2.09 bits per heavy atom. The molecule has 1 amide bonds. The van der Waals surface area contributed by atoms with Crippen LogP contribution in [0.5, 0.6) is 5.75 Å². The molecule has 1 N–H and O–H groups in total. The molecule has 2 aromatic rings. The van der Waals surface area contributed by atoms with Crippen LogP contribution in [0, 0.1) is 0 Å². The van der Waals surface area contributed by atoms with Crippen LogP contribution in [0.1, 0.15) is 29.9 Å². The quantitative estimate of drug-likeness (QED) is 0.911. The Kier molecular flexibility index (Phi) is 4.34. The molecular weight excluding hydrogens is 298 g/mol. The molecule has 0 unspecified atom stereocenters. The third-order valence-electron chi connectivity index (χ3n) is 4.11. The normalized spacial score (nSPS) is 16.7. The highest BCUT2D eigenvalue weighted by Gasteiger charge is 2.26. The van der Waals surface area contributed by atoms with Crippen LogP contribution in [-0.4, -0.2) is 13.0 Å². The lowest BCUT2D eigenvalue weighted by Gasteiger charge is -2.24. The summed E-state index contributed by atoms with van der Waals surface area (Å²) in [7, 11) is 1.57. The van der Waals surface area contributed by atoms with Crippen molar-refractivity contribution in [1.29, 1.82) is 0 Å². The first-order valence-corrected chi connectivity index (χ1v) is 7.79. The van der Waals surface area contributed by atoms with Gasteiger partial charge in [-0.05, 0) is 48.6 Å². The molecule has 1 aliphatic carbocycles. The molecule has 1 aliphatic rings. The first-order valence-electron chi connectivity index (χ1n) is 7.41. The number of amides is 1. The van der Waals surface area contributed by atoms with Gasteiger partial charge in [-0.2, -0.15) is 0 Å². The summed E-state index contributed by atoms with van der Waals surface area (Å²) < 4.78 is 5.12. The van der Waals surface area contributed by atoms with Gasteiger partial charge in [-0.15, -0.1) is 0 Å². The minimum Gasteiger partial charge on any atom is -0.495 e. The Bertz CT molecular complexity index is 699. The maximum atomic E-state index is 12.6. The van der Waals surface area contributed by atoms with Crippen LogP contribution in [0.25, 0.3) is 0 Å². The van der Waals surface area contributed by atoms with Crippen LogP contribution in [0.3, 0.4) is 0 Å². The van der Waals surface area contributed by atoms with E-state index in [9.17, 15) is 4.79 Å². The zero-order valence-corrected chi connectivity index (χ0v) is 13.2. The smallest absolute Gasteiger partial charge is 0.231 e. The predicted molar refractivity (Wildman–Crippen MR) is 88.8 cm³/mol. The SMILES string of the molecule is COc1ccc(NC(=O)[C@H]2CCCc3ccccc32)cc1Cl. The van der Waals surface area contributed by atoms with Gasteiger partial charge in [0.15, 0.2) is 0 Å². The highest BCUT2D eigenvalue weighted by molar-refractivity contribution is 6.32. The standard InChI is InChI=1S/C18H18ClNO2/c1-22-17-10-9-13(11-16(17)19)20-18(21)15-8-4-6-12-5-2-3-7-14(12)15/h2-3,5,7,9-11,15H,4,6,8H2,1H3,(H,20,21)/t15-/m0/s1. The summed E-state index contributed by atoms with van der Waals surface area (Å²) in [6.45, 7) is 0. The number of ether oxygens (including phenoxy) is 1. The molecule has 3 rings (SSSR count). The third kappa shape index (κ3) is 2.95. The number of methoxy groups -OCH3 is 1. The number of halogens is 1. The van der Waals surface area contributed by atoms with Gasteiger partial charge in [-0.25, -0.2) is 0 Å². The van der Waals surface area contributed by atoms with Crippen LogP contribution in [0.2, 0.25) is 5.02 Å². The largest absolute Gasteiger partial charge is 0.495 e. The van der Waals surface area contributed by atoms with Gasteiger partial charge < -0.3 is 10.1 Å². The minimum absolute atomic E-state index is 0.0217. The topological polar surface area (TPSA) is 38.3 Å². The monoisotopic (exact) mass is 315 g/mol. The lowest BCUT2D eigenvalue weighted by Crippen LogP contribution is -2.24. The summed E-state index contributed by atoms with van der Waals surface area (Å²) in [6, 6.07) is 13.5. The van der Waals surface area contributed by atoms with Gasteiger partial charge in [0.05, 0.1) is 18.1 Å². The third-order valence-corrected chi connectivity index (χ3v) is 4.40. The van der Waals surface area contributed by atoms with E-state index >= 15 is 0 Å². The lowest BCUT2D eigenvalue weighted by atomic mass is 9.82. The van der Waals surface area contributed by atoms with E-state index in [1.807, 2.05) is 12.1 Å². The second-order valence-electron chi connectivity index (χ2n) is 5.48. The molecule has 114 valence electrons. The summed E-state index contributed by atoms with van der Waals surface area (Å²) in [4.78, 5) is 12.6. The number of nitrogens with one attached hydrogen (secondary N) is 1. The highest BCUT2D eigenvalue weighted by atomic mass is 35.5. The molecule has 0 spiro atoms. The fraction of sp³-hybridized carbons (Fsp3) is 0.278. The Hall–Kier alpha value is -2.00. The lowest BCUT2D eigenvalue weighted by molar-refractivity contribution is -0.117. The fourth-order valence-corrected chi connectivity index (χ4v) is 3.26. The van der Waals surface area contributed by atoms with Crippen molar-refractivity contribution >= 4 is 23.2 Å². The molecular formula is C18H18ClNO2. The first kappa shape index (κ1) is 14.9. The second kappa shape index (κ2) is 6.41. The first-order chi connectivity index (χ1) is 10.7. The fourth-order valence-electron chi connectivity index (χ4n) is 3.00. The Morgan fingerprint density at radius 1 is 1.27 bits per heavy atom. The molecule has 3 nitrogen and oxygen atoms in total. The van der Waals surface area contributed by atoms with Crippen molar-refractivity contribution in [2.45, 2.75) is 25.2 Å². The number of hydrogen-bond acceptors (Lipinski definition) is 2. The number of carbonyl (C=O) groups excluding carboxylic acids is 1. The number of carbonyl (C=O) groups is 1. The predicted octanol–water partition coefficient (Wildman–Crippen LogP) is 4.41.